The molecule has 2 bridgehead atoms. The summed E-state index contributed by atoms with van der Waals surface area (Å²) in [7, 11) is 0. The summed E-state index contributed by atoms with van der Waals surface area (Å²) < 4.78 is 0. The quantitative estimate of drug-likeness (QED) is 0.562. The van der Waals surface area contributed by atoms with Gasteiger partial charge in [-0.1, -0.05) is 12.2 Å². The molecule has 8 heteroatoms. The van der Waals surface area contributed by atoms with Crippen LogP contribution in [0.2, 0.25) is 0 Å². The van der Waals surface area contributed by atoms with Gasteiger partial charge in [-0.2, -0.15) is 0 Å². The molecule has 0 radical (unpaired) electrons. The Kier molecular flexibility index (Phi) is 3.67. The summed E-state index contributed by atoms with van der Waals surface area (Å²) in [4.78, 5) is 42.1. The molecule has 130 valence electrons. The van der Waals surface area contributed by atoms with Crippen molar-refractivity contribution in [1.29, 1.82) is 0 Å². The fourth-order valence-electron chi connectivity index (χ4n) is 4.09. The van der Waals surface area contributed by atoms with Crippen LogP contribution in [0.15, 0.2) is 30.5 Å². The fourth-order valence-corrected chi connectivity index (χ4v) is 4.09. The van der Waals surface area contributed by atoms with Gasteiger partial charge in [-0.3, -0.25) is 19.8 Å². The minimum Gasteiger partial charge on any atom is -0.504 e. The number of aromatic hydroxyl groups is 1. The highest BCUT2D eigenvalue weighted by Crippen LogP contribution is 2.49. The van der Waals surface area contributed by atoms with Crippen molar-refractivity contribution >= 4 is 23.7 Å². The van der Waals surface area contributed by atoms with Gasteiger partial charge in [-0.05, 0) is 36.8 Å². The maximum Gasteiger partial charge on any atom is 0.321 e. The summed E-state index contributed by atoms with van der Waals surface area (Å²) in [6.07, 6.45) is 7.39. The topological polar surface area (TPSA) is 112 Å². The van der Waals surface area contributed by atoms with Gasteiger partial charge in [0, 0.05) is 6.20 Å². The van der Waals surface area contributed by atoms with E-state index in [9.17, 15) is 19.5 Å². The molecule has 4 amide bonds. The van der Waals surface area contributed by atoms with Crippen LogP contribution >= 0.6 is 0 Å². The number of allylic oxidation sites excluding steroid dienone is 2. The number of carbonyl (C=O) groups excluding carboxylic acids is 3. The second-order valence-electron chi connectivity index (χ2n) is 6.61. The van der Waals surface area contributed by atoms with Crippen LogP contribution in [0.5, 0.6) is 5.75 Å². The Hall–Kier alpha value is -2.90. The van der Waals surface area contributed by atoms with E-state index in [1.165, 1.54) is 18.3 Å². The average molecular weight is 342 g/mol. The fraction of sp³-hybridized carbons (Fsp3) is 0.412. The van der Waals surface area contributed by atoms with E-state index in [1.54, 1.807) is 0 Å². The lowest BCUT2D eigenvalue weighted by Gasteiger charge is -2.38. The smallest absolute Gasteiger partial charge is 0.321 e. The number of aromatic nitrogens is 1. The van der Waals surface area contributed by atoms with Gasteiger partial charge in [0.25, 0.3) is 0 Å². The van der Waals surface area contributed by atoms with Gasteiger partial charge >= 0.3 is 6.03 Å². The molecule has 5 rings (SSSR count). The molecular weight excluding hydrogens is 324 g/mol. The molecular formula is C17H18N4O4. The Morgan fingerprint density at radius 3 is 2.40 bits per heavy atom. The van der Waals surface area contributed by atoms with E-state index in [0.29, 0.717) is 0 Å². The first-order chi connectivity index (χ1) is 12.1. The van der Waals surface area contributed by atoms with Crippen LogP contribution in [-0.4, -0.2) is 39.5 Å². The number of fused-ring (bicyclic) bond motifs is 1. The summed E-state index contributed by atoms with van der Waals surface area (Å²) in [5.74, 6) is -0.923. The normalized spacial score (nSPS) is 29.7. The molecule has 4 aliphatic rings. The zero-order valence-corrected chi connectivity index (χ0v) is 13.4. The lowest BCUT2D eigenvalue weighted by atomic mass is 9.63. The van der Waals surface area contributed by atoms with Gasteiger partial charge in [-0.25, -0.2) is 9.78 Å². The number of amides is 4. The number of likely N-dealkylation sites (tertiary alicyclic amines) is 1. The summed E-state index contributed by atoms with van der Waals surface area (Å²) in [6, 6.07) is 2.28. The Morgan fingerprint density at radius 1 is 1.20 bits per heavy atom. The molecule has 0 aromatic carbocycles. The van der Waals surface area contributed by atoms with Crippen LogP contribution < -0.4 is 10.6 Å². The third-order valence-electron chi connectivity index (χ3n) is 5.27. The monoisotopic (exact) mass is 342 g/mol. The van der Waals surface area contributed by atoms with Crippen molar-refractivity contribution in [2.45, 2.75) is 12.8 Å². The minimum absolute atomic E-state index is 0.00925. The molecule has 0 unspecified atom stereocenters. The van der Waals surface area contributed by atoms with E-state index < -0.39 is 6.03 Å². The highest BCUT2D eigenvalue weighted by atomic mass is 16.3. The SMILES string of the molecule is O=C(NCN1C(=O)[C@@H]2[C@H](C1=O)[C@H]1C=C[C@H]2CC1)Nc1ncccc1O. The number of nitrogens with one attached hydrogen (secondary N) is 2. The van der Waals surface area contributed by atoms with Crippen LogP contribution in [0.4, 0.5) is 10.6 Å². The van der Waals surface area contributed by atoms with Crippen LogP contribution in [-0.2, 0) is 9.59 Å². The Morgan fingerprint density at radius 2 is 1.84 bits per heavy atom. The summed E-state index contributed by atoms with van der Waals surface area (Å²) in [6.45, 7) is -0.191. The Bertz CT molecular complexity index is 746. The van der Waals surface area contributed by atoms with Crippen molar-refractivity contribution in [3.8, 4) is 5.75 Å². The van der Waals surface area contributed by atoms with Crippen molar-refractivity contribution in [3.05, 3.63) is 30.5 Å². The highest BCUT2D eigenvalue weighted by molar-refractivity contribution is 6.06. The maximum absolute atomic E-state index is 12.6. The van der Waals surface area contributed by atoms with E-state index in [4.69, 9.17) is 0 Å². The summed E-state index contributed by atoms with van der Waals surface area (Å²) in [5, 5.41) is 14.5. The molecule has 0 spiro atoms. The molecule has 2 heterocycles. The van der Waals surface area contributed by atoms with Crippen molar-refractivity contribution in [2.24, 2.45) is 23.7 Å². The lowest BCUT2D eigenvalue weighted by molar-refractivity contribution is -0.140. The average Bonchev–Trinajstić information content (AvgIpc) is 2.89. The molecule has 8 nitrogen and oxygen atoms in total. The molecule has 1 saturated carbocycles. The summed E-state index contributed by atoms with van der Waals surface area (Å²) >= 11 is 0. The van der Waals surface area contributed by atoms with Gasteiger partial charge in [-0.15, -0.1) is 0 Å². The zero-order valence-electron chi connectivity index (χ0n) is 13.4. The molecule has 3 N–H and O–H groups in total. The Labute approximate surface area is 143 Å². The van der Waals surface area contributed by atoms with Crippen LogP contribution in [0.25, 0.3) is 0 Å². The molecule has 4 atom stereocenters. The zero-order chi connectivity index (χ0) is 17.6. The van der Waals surface area contributed by atoms with E-state index in [-0.39, 0.29) is 53.7 Å². The molecule has 1 saturated heterocycles. The van der Waals surface area contributed by atoms with Crippen LogP contribution in [0.1, 0.15) is 12.8 Å². The second kappa shape index (κ2) is 5.87. The van der Waals surface area contributed by atoms with Crippen LogP contribution in [0.3, 0.4) is 0 Å². The number of nitrogens with zero attached hydrogens (tertiary/aromatic N) is 2. The molecule has 3 aliphatic carbocycles. The first kappa shape index (κ1) is 15.6. The number of hydrogen-bond donors (Lipinski definition) is 3. The first-order valence-electron chi connectivity index (χ1n) is 8.28. The number of pyridine rings is 1. The number of imide groups is 1. The van der Waals surface area contributed by atoms with E-state index >= 15 is 0 Å². The third kappa shape index (κ3) is 2.54. The minimum atomic E-state index is -0.648. The second-order valence-corrected chi connectivity index (χ2v) is 6.61. The van der Waals surface area contributed by atoms with Crippen molar-refractivity contribution < 1.29 is 19.5 Å². The van der Waals surface area contributed by atoms with Crippen molar-refractivity contribution in [1.82, 2.24) is 15.2 Å². The van der Waals surface area contributed by atoms with Crippen molar-refractivity contribution in [2.75, 3.05) is 12.0 Å². The molecule has 1 aliphatic heterocycles. The third-order valence-corrected chi connectivity index (χ3v) is 5.27. The van der Waals surface area contributed by atoms with Gasteiger partial charge in [0.15, 0.2) is 11.6 Å². The maximum atomic E-state index is 12.6. The lowest BCUT2D eigenvalue weighted by Crippen LogP contribution is -2.43. The number of urea groups is 1. The number of hydrogen-bond acceptors (Lipinski definition) is 5. The number of anilines is 1. The predicted octanol–water partition coefficient (Wildman–Crippen LogP) is 1.06. The number of rotatable bonds is 3. The number of carbonyl (C=O) groups is 3. The molecule has 2 fully saturated rings. The molecule has 1 aromatic heterocycles. The van der Waals surface area contributed by atoms with Gasteiger partial charge in [0.1, 0.15) is 6.67 Å². The highest BCUT2D eigenvalue weighted by Gasteiger charge is 2.56. The first-order valence-corrected chi connectivity index (χ1v) is 8.28. The summed E-state index contributed by atoms with van der Waals surface area (Å²) in [5.41, 5.74) is 0. The predicted molar refractivity (Wildman–Crippen MR) is 87.1 cm³/mol. The van der Waals surface area contributed by atoms with Gasteiger partial charge in [0.05, 0.1) is 11.8 Å². The van der Waals surface area contributed by atoms with Crippen LogP contribution in [0, 0.1) is 23.7 Å². The molecule has 1 aromatic rings. The van der Waals surface area contributed by atoms with E-state index in [1.807, 2.05) is 12.2 Å². The Balaban J connectivity index is 1.40. The van der Waals surface area contributed by atoms with E-state index in [2.05, 4.69) is 15.6 Å². The van der Waals surface area contributed by atoms with E-state index in [0.717, 1.165) is 17.7 Å². The molecule has 25 heavy (non-hydrogen) atoms. The van der Waals surface area contributed by atoms with Gasteiger partial charge < -0.3 is 10.4 Å². The van der Waals surface area contributed by atoms with Gasteiger partial charge in [0.2, 0.25) is 11.8 Å². The standard InChI is InChI=1S/C17H18N4O4/c22-11-2-1-7-18-14(11)20-17(25)19-8-21-15(23)12-9-3-4-10(6-5-9)13(12)16(21)24/h1-4,7,9-10,12-13,22H,5-6,8H2,(H2,18,19,20,25)/t9-,10-,12-,13+/m0/s1. The largest absolute Gasteiger partial charge is 0.504 e. The van der Waals surface area contributed by atoms with Crippen molar-refractivity contribution in [3.63, 3.8) is 0 Å².